The number of fused-ring (bicyclic) bond motifs is 5. The summed E-state index contributed by atoms with van der Waals surface area (Å²) in [6, 6.07) is 0. The average Bonchev–Trinajstić information content (AvgIpc) is 2.84. The molecule has 4 rings (SSSR count). The molecule has 0 amide bonds. The summed E-state index contributed by atoms with van der Waals surface area (Å²) in [4.78, 5) is 11.9. The van der Waals surface area contributed by atoms with Gasteiger partial charge in [0.2, 0.25) is 0 Å². The molecule has 7 unspecified atom stereocenters. The van der Waals surface area contributed by atoms with Gasteiger partial charge in [-0.2, -0.15) is 0 Å². The number of allylic oxidation sites excluding steroid dienone is 1. The van der Waals surface area contributed by atoms with Crippen molar-refractivity contribution in [1.82, 2.24) is 0 Å². The highest BCUT2D eigenvalue weighted by atomic mass is 16.3. The Morgan fingerprint density at radius 1 is 1.16 bits per heavy atom. The maximum Gasteiger partial charge on any atom is 0.155 e. The third-order valence-corrected chi connectivity index (χ3v) is 8.75. The largest absolute Gasteiger partial charge is 0.393 e. The Bertz CT molecular complexity index is 615. The van der Waals surface area contributed by atoms with Crippen LogP contribution in [0, 0.1) is 34.5 Å². The number of hydrogen-bond donors (Lipinski definition) is 2. The highest BCUT2D eigenvalue weighted by Crippen LogP contribution is 2.67. The maximum atomic E-state index is 11.9. The summed E-state index contributed by atoms with van der Waals surface area (Å²) in [6.07, 6.45) is 8.24. The molecule has 3 saturated carbocycles. The molecule has 0 aromatic heterocycles. The van der Waals surface area contributed by atoms with Crippen LogP contribution in [0.25, 0.3) is 0 Å². The standard InChI is InChI=1S/C22H34O3/c1-20(2,25)18-8-7-16-15-6-5-13-11-14(23)9-10-21(13,3)19(15)17(24)12-22(16,18)4/h11,15-19,24-25H,5-10,12H2,1-4H3. The molecule has 0 aromatic carbocycles. The summed E-state index contributed by atoms with van der Waals surface area (Å²) in [5.74, 6) is 1.92. The highest BCUT2D eigenvalue weighted by Gasteiger charge is 2.63. The zero-order valence-electron chi connectivity index (χ0n) is 16.2. The SMILES string of the molecule is CC(C)(O)C1CCC2C3CCC4=CC(=O)CCC4(C)C3C(O)CC21C. The van der Waals surface area contributed by atoms with Gasteiger partial charge in [0.05, 0.1) is 11.7 Å². The monoisotopic (exact) mass is 346 g/mol. The number of carbonyl (C=O) groups excluding carboxylic acids is 1. The van der Waals surface area contributed by atoms with Crippen LogP contribution in [-0.2, 0) is 4.79 Å². The first-order valence-electron chi connectivity index (χ1n) is 10.2. The Balaban J connectivity index is 1.71. The molecule has 0 bridgehead atoms. The van der Waals surface area contributed by atoms with Crippen LogP contribution in [0.4, 0.5) is 0 Å². The van der Waals surface area contributed by atoms with Crippen molar-refractivity contribution in [2.24, 2.45) is 34.5 Å². The molecular weight excluding hydrogens is 312 g/mol. The molecule has 2 N–H and O–H groups in total. The van der Waals surface area contributed by atoms with E-state index in [0.717, 1.165) is 32.1 Å². The van der Waals surface area contributed by atoms with E-state index in [-0.39, 0.29) is 34.6 Å². The first-order valence-corrected chi connectivity index (χ1v) is 10.2. The molecule has 0 heterocycles. The van der Waals surface area contributed by atoms with Crippen molar-refractivity contribution in [3.05, 3.63) is 11.6 Å². The molecule has 25 heavy (non-hydrogen) atoms. The first-order chi connectivity index (χ1) is 11.6. The number of rotatable bonds is 1. The number of aliphatic hydroxyl groups is 2. The molecule has 0 aliphatic heterocycles. The molecular formula is C22H34O3. The molecule has 140 valence electrons. The lowest BCUT2D eigenvalue weighted by Crippen LogP contribution is -2.58. The second-order valence-electron chi connectivity index (χ2n) is 10.4. The third-order valence-electron chi connectivity index (χ3n) is 8.75. The number of ketones is 1. The van der Waals surface area contributed by atoms with Gasteiger partial charge in [-0.05, 0) is 93.0 Å². The molecule has 4 aliphatic carbocycles. The van der Waals surface area contributed by atoms with E-state index in [1.165, 1.54) is 12.0 Å². The fourth-order valence-corrected chi connectivity index (χ4v) is 7.85. The maximum absolute atomic E-state index is 11.9. The fourth-order valence-electron chi connectivity index (χ4n) is 7.85. The van der Waals surface area contributed by atoms with Crippen molar-refractivity contribution in [1.29, 1.82) is 0 Å². The molecule has 3 heteroatoms. The number of carbonyl (C=O) groups is 1. The summed E-state index contributed by atoms with van der Waals surface area (Å²) in [7, 11) is 0. The smallest absolute Gasteiger partial charge is 0.155 e. The second kappa shape index (κ2) is 5.42. The van der Waals surface area contributed by atoms with Crippen LogP contribution in [0.3, 0.4) is 0 Å². The molecule has 4 aliphatic rings. The quantitative estimate of drug-likeness (QED) is 0.757. The van der Waals surface area contributed by atoms with Crippen molar-refractivity contribution < 1.29 is 15.0 Å². The van der Waals surface area contributed by atoms with Gasteiger partial charge in [0.1, 0.15) is 0 Å². The zero-order valence-corrected chi connectivity index (χ0v) is 16.2. The predicted molar refractivity (Wildman–Crippen MR) is 97.9 cm³/mol. The average molecular weight is 347 g/mol. The van der Waals surface area contributed by atoms with Crippen molar-refractivity contribution in [3.63, 3.8) is 0 Å². The van der Waals surface area contributed by atoms with Crippen LogP contribution >= 0.6 is 0 Å². The van der Waals surface area contributed by atoms with E-state index in [1.807, 2.05) is 19.9 Å². The Kier molecular flexibility index (Phi) is 3.84. The van der Waals surface area contributed by atoms with E-state index in [0.29, 0.717) is 18.3 Å². The van der Waals surface area contributed by atoms with Crippen molar-refractivity contribution in [2.45, 2.75) is 84.3 Å². The van der Waals surface area contributed by atoms with Gasteiger partial charge in [-0.1, -0.05) is 19.4 Å². The molecule has 0 saturated heterocycles. The fraction of sp³-hybridized carbons (Fsp3) is 0.864. The van der Waals surface area contributed by atoms with Crippen LogP contribution in [0.5, 0.6) is 0 Å². The Morgan fingerprint density at radius 2 is 1.88 bits per heavy atom. The van der Waals surface area contributed by atoms with Crippen LogP contribution in [0.1, 0.15) is 72.6 Å². The summed E-state index contributed by atoms with van der Waals surface area (Å²) in [5, 5.41) is 22.0. The summed E-state index contributed by atoms with van der Waals surface area (Å²) in [6.45, 7) is 8.51. The lowest BCUT2D eigenvalue weighted by Gasteiger charge is -2.60. The van der Waals surface area contributed by atoms with Crippen LogP contribution < -0.4 is 0 Å². The van der Waals surface area contributed by atoms with Crippen molar-refractivity contribution in [2.75, 3.05) is 0 Å². The van der Waals surface area contributed by atoms with E-state index in [4.69, 9.17) is 0 Å². The van der Waals surface area contributed by atoms with Crippen LogP contribution in [0.2, 0.25) is 0 Å². The Morgan fingerprint density at radius 3 is 2.56 bits per heavy atom. The predicted octanol–water partition coefficient (Wildman–Crippen LogP) is 3.88. The Hall–Kier alpha value is -0.670. The normalized spacial score (nSPS) is 49.9. The minimum absolute atomic E-state index is 0.00953. The van der Waals surface area contributed by atoms with Crippen molar-refractivity contribution >= 4 is 5.78 Å². The molecule has 7 atom stereocenters. The summed E-state index contributed by atoms with van der Waals surface area (Å²) < 4.78 is 0. The molecule has 0 radical (unpaired) electrons. The van der Waals surface area contributed by atoms with Gasteiger partial charge in [-0.25, -0.2) is 0 Å². The summed E-state index contributed by atoms with van der Waals surface area (Å²) in [5.41, 5.74) is 0.632. The van der Waals surface area contributed by atoms with Gasteiger partial charge < -0.3 is 10.2 Å². The van der Waals surface area contributed by atoms with Crippen LogP contribution in [-0.4, -0.2) is 27.7 Å². The lowest BCUT2D eigenvalue weighted by atomic mass is 9.45. The number of aliphatic hydroxyl groups excluding tert-OH is 1. The van der Waals surface area contributed by atoms with Crippen molar-refractivity contribution in [3.8, 4) is 0 Å². The van der Waals surface area contributed by atoms with Gasteiger partial charge in [0.15, 0.2) is 5.78 Å². The second-order valence-corrected chi connectivity index (χ2v) is 10.4. The molecule has 0 spiro atoms. The van der Waals surface area contributed by atoms with Crippen LogP contribution in [0.15, 0.2) is 11.6 Å². The van der Waals surface area contributed by atoms with Gasteiger partial charge >= 0.3 is 0 Å². The number of hydrogen-bond acceptors (Lipinski definition) is 3. The Labute approximate surface area is 151 Å². The van der Waals surface area contributed by atoms with E-state index in [1.54, 1.807) is 0 Å². The topological polar surface area (TPSA) is 57.5 Å². The molecule has 3 fully saturated rings. The minimum Gasteiger partial charge on any atom is -0.393 e. The van der Waals surface area contributed by atoms with E-state index < -0.39 is 5.60 Å². The van der Waals surface area contributed by atoms with Gasteiger partial charge in [0, 0.05) is 6.42 Å². The van der Waals surface area contributed by atoms with E-state index in [2.05, 4.69) is 13.8 Å². The molecule has 0 aromatic rings. The molecule has 3 nitrogen and oxygen atoms in total. The summed E-state index contributed by atoms with van der Waals surface area (Å²) >= 11 is 0. The first kappa shape index (κ1) is 17.7. The zero-order chi connectivity index (χ0) is 18.2. The van der Waals surface area contributed by atoms with E-state index in [9.17, 15) is 15.0 Å². The van der Waals surface area contributed by atoms with Gasteiger partial charge in [-0.3, -0.25) is 4.79 Å². The van der Waals surface area contributed by atoms with E-state index >= 15 is 0 Å². The highest BCUT2D eigenvalue weighted by molar-refractivity contribution is 5.91. The minimum atomic E-state index is -0.684. The lowest BCUT2D eigenvalue weighted by molar-refractivity contribution is -0.150. The third kappa shape index (κ3) is 2.41. The van der Waals surface area contributed by atoms with Gasteiger partial charge in [0.25, 0.3) is 0 Å². The van der Waals surface area contributed by atoms with Gasteiger partial charge in [-0.15, -0.1) is 0 Å².